The molecule has 28 heteroatoms. The molecule has 0 amide bonds. The number of aromatic nitrogens is 12. The Hall–Kier alpha value is -8.28. The van der Waals surface area contributed by atoms with E-state index < -0.39 is 0 Å². The van der Waals surface area contributed by atoms with Gasteiger partial charge in [-0.3, -0.25) is 49.3 Å². The summed E-state index contributed by atoms with van der Waals surface area (Å²) in [4.78, 5) is 41.3. The molecular formula is C76H122N22O6. The molecule has 0 saturated carbocycles. The van der Waals surface area contributed by atoms with Gasteiger partial charge in [-0.15, -0.1) is 20.4 Å². The highest BCUT2D eigenvalue weighted by Gasteiger charge is 2.33. The molecule has 0 spiro atoms. The summed E-state index contributed by atoms with van der Waals surface area (Å²) in [6.07, 6.45) is 11.6. The molecule has 6 aliphatic heterocycles. The van der Waals surface area contributed by atoms with Gasteiger partial charge in [0.05, 0.1) is 47.9 Å². The van der Waals surface area contributed by atoms with E-state index in [-0.39, 0.29) is 29.7 Å². The first-order chi connectivity index (χ1) is 48.4. The summed E-state index contributed by atoms with van der Waals surface area (Å²) < 4.78 is 34.1. The largest absolute Gasteiger partial charge is 0.495 e. The van der Waals surface area contributed by atoms with Crippen LogP contribution in [0.4, 0.5) is 24.1 Å². The molecule has 6 saturated heterocycles. The Labute approximate surface area is 619 Å². The van der Waals surface area contributed by atoms with Gasteiger partial charge in [0.25, 0.3) is 23.6 Å². The van der Waals surface area contributed by atoms with Crippen LogP contribution in [0.5, 0.6) is 11.5 Å². The van der Waals surface area contributed by atoms with Gasteiger partial charge in [0.2, 0.25) is 0 Å². The van der Waals surface area contributed by atoms with Crippen molar-refractivity contribution in [2.75, 3.05) is 165 Å². The van der Waals surface area contributed by atoms with Gasteiger partial charge in [-0.1, -0.05) is 50.1 Å². The number of anilines is 4. The van der Waals surface area contributed by atoms with Crippen LogP contribution >= 0.6 is 0 Å². The Morgan fingerprint density at radius 3 is 0.846 bits per heavy atom. The molecule has 0 N–H and O–H groups in total. The minimum Gasteiger partial charge on any atom is -0.495 e. The maximum atomic E-state index is 5.96. The first kappa shape index (κ1) is 83.0. The number of rotatable bonds is 16. The van der Waals surface area contributed by atoms with Crippen molar-refractivity contribution in [1.82, 2.24) is 90.1 Å². The highest BCUT2D eigenvalue weighted by atomic mass is 16.5. The topological polar surface area (TPSA) is 258 Å². The van der Waals surface area contributed by atoms with E-state index in [1.807, 2.05) is 64.1 Å². The Bertz CT molecular complexity index is 3750. The summed E-state index contributed by atoms with van der Waals surface area (Å²) >= 11 is 0. The lowest BCUT2D eigenvalue weighted by molar-refractivity contribution is 0.0689. The fraction of sp³-hybridized carbons (Fsp3) is 0.632. The van der Waals surface area contributed by atoms with E-state index >= 15 is 0 Å². The minimum absolute atomic E-state index is 0. The van der Waals surface area contributed by atoms with Crippen LogP contribution in [-0.4, -0.2) is 271 Å². The first-order valence-electron chi connectivity index (χ1n) is 36.0. The van der Waals surface area contributed by atoms with E-state index in [0.717, 1.165) is 155 Å². The van der Waals surface area contributed by atoms with E-state index in [2.05, 4.69) is 165 Å². The molecule has 572 valence electrons. The third kappa shape index (κ3) is 21.5. The number of methoxy groups -OCH3 is 2. The smallest absolute Gasteiger partial charge is 0.318 e. The molecule has 0 radical (unpaired) electrons. The molecule has 8 aromatic rings. The Balaban J connectivity index is 0.000000193. The van der Waals surface area contributed by atoms with E-state index in [9.17, 15) is 0 Å². The second kappa shape index (κ2) is 39.2. The molecule has 28 nitrogen and oxygen atoms in total. The van der Waals surface area contributed by atoms with Crippen molar-refractivity contribution in [2.45, 2.75) is 175 Å². The van der Waals surface area contributed by atoms with Crippen molar-refractivity contribution in [1.29, 1.82) is 0 Å². The van der Waals surface area contributed by atoms with Gasteiger partial charge in [-0.25, -0.2) is 0 Å². The third-order valence-corrected chi connectivity index (χ3v) is 20.3. The predicted octanol–water partition coefficient (Wildman–Crippen LogP) is 11.4. The summed E-state index contributed by atoms with van der Waals surface area (Å²) in [7, 11) is 3.27. The third-order valence-electron chi connectivity index (χ3n) is 20.3. The van der Waals surface area contributed by atoms with E-state index in [0.29, 0.717) is 89.6 Å². The zero-order valence-electron chi connectivity index (χ0n) is 61.5. The second-order valence-electron chi connectivity index (χ2n) is 28.0. The number of piperazine rings is 4. The normalized spacial score (nSPS) is 17.8. The Morgan fingerprint density at radius 1 is 0.327 bits per heavy atom. The van der Waals surface area contributed by atoms with Gasteiger partial charge in [0, 0.05) is 203 Å². The number of aryl methyl sites for hydroxylation is 4. The van der Waals surface area contributed by atoms with Gasteiger partial charge < -0.3 is 46.7 Å². The van der Waals surface area contributed by atoms with E-state index in [1.165, 1.54) is 52.4 Å². The highest BCUT2D eigenvalue weighted by molar-refractivity contribution is 5.57. The van der Waals surface area contributed by atoms with Crippen LogP contribution in [0.25, 0.3) is 45.8 Å². The average molecular weight is 1440 g/mol. The maximum Gasteiger partial charge on any atom is 0.318 e. The Kier molecular flexibility index (Phi) is 31.3. The average Bonchev–Trinajstić information content (AvgIpc) is 1.71. The lowest BCUT2D eigenvalue weighted by Gasteiger charge is -2.43. The van der Waals surface area contributed by atoms with Gasteiger partial charge in [0.15, 0.2) is 0 Å². The van der Waals surface area contributed by atoms with Gasteiger partial charge in [0.1, 0.15) is 11.5 Å². The Morgan fingerprint density at radius 2 is 0.587 bits per heavy atom. The number of nitrogens with zero attached hydrogens (tertiary/aromatic N) is 22. The summed E-state index contributed by atoms with van der Waals surface area (Å²) in [5.41, 5.74) is 6.92. The second-order valence-corrected chi connectivity index (χ2v) is 28.0. The van der Waals surface area contributed by atoms with Crippen LogP contribution in [0.15, 0.2) is 78.9 Å². The van der Waals surface area contributed by atoms with Crippen LogP contribution in [0.1, 0.15) is 134 Å². The molecule has 6 fully saturated rings. The molecule has 0 aromatic carbocycles. The van der Waals surface area contributed by atoms with Crippen LogP contribution in [0, 0.1) is 27.7 Å². The van der Waals surface area contributed by atoms with Crippen molar-refractivity contribution in [3.05, 3.63) is 84.0 Å². The summed E-state index contributed by atoms with van der Waals surface area (Å²) in [6.45, 7) is 46.8. The molecule has 8 aromatic heterocycles. The van der Waals surface area contributed by atoms with Crippen molar-refractivity contribution < 1.29 is 27.1 Å². The molecule has 0 unspecified atom stereocenters. The molecule has 0 aliphatic carbocycles. The number of pyridine rings is 4. The highest BCUT2D eigenvalue weighted by Crippen LogP contribution is 2.32. The molecule has 104 heavy (non-hydrogen) atoms. The lowest BCUT2D eigenvalue weighted by atomic mass is 10.0. The minimum atomic E-state index is 0. The molecular weight excluding hydrogens is 1320 g/mol. The fourth-order valence-corrected chi connectivity index (χ4v) is 13.6. The van der Waals surface area contributed by atoms with E-state index in [1.54, 1.807) is 39.0 Å². The fourth-order valence-electron chi connectivity index (χ4n) is 13.6. The van der Waals surface area contributed by atoms with Gasteiger partial charge >= 0.3 is 24.1 Å². The SMILES string of the molecule is C.C.C.C.COc1cc(-c2nnc(N3CCC(N4CCN(C(C)C)CC4)CC3)o2)cnc1C.COc1cc(-c2nnc(N3CCN(C(C)C)CC3)o2)cnc1C.Cc1ccc(-c2nnc(N3CCC(N4CCN(C(C)C)CC4)CC3)o2)cn1.Cc1ccc(-c2nnc(N3CCN(C(C)C)CC3)o2)cn1. The number of ether oxygens (including phenoxy) is 2. The van der Waals surface area contributed by atoms with E-state index in [4.69, 9.17) is 27.1 Å². The lowest BCUT2D eigenvalue weighted by Crippen LogP contribution is -2.54. The van der Waals surface area contributed by atoms with Crippen LogP contribution < -0.4 is 29.1 Å². The van der Waals surface area contributed by atoms with Gasteiger partial charge in [-0.05, 0) is 145 Å². The number of hydrogen-bond donors (Lipinski definition) is 0. The van der Waals surface area contributed by atoms with Crippen molar-refractivity contribution >= 4 is 24.1 Å². The van der Waals surface area contributed by atoms with Crippen LogP contribution in [0.3, 0.4) is 0 Å². The molecule has 0 atom stereocenters. The molecule has 14 rings (SSSR count). The zero-order valence-corrected chi connectivity index (χ0v) is 61.5. The van der Waals surface area contributed by atoms with Crippen molar-refractivity contribution in [3.8, 4) is 57.3 Å². The van der Waals surface area contributed by atoms with Crippen LogP contribution in [-0.2, 0) is 0 Å². The molecule has 14 heterocycles. The summed E-state index contributed by atoms with van der Waals surface area (Å²) in [5, 5.41) is 33.6. The summed E-state index contributed by atoms with van der Waals surface area (Å²) in [6, 6.07) is 17.8. The standard InChI is InChI=1S/C21H32N6O2.C20H30N6O.C16H23N5O2.C15H21N5O.4CH4/c1-15(2)25-9-11-26(12-10-25)18-5-7-27(8-6-18)21-24-23-20(29-21)17-13-19(28-4)16(3)22-14-17;1-15(2)24-10-12-25(13-11-24)18-6-8-26(9-7-18)20-23-22-19(27-20)17-5-4-16(3)21-14-17;1-11(2)20-5-7-21(8-6-20)16-19-18-15(23-16)13-9-14(22-4)12(3)17-10-13;1-11(2)19-6-8-20(9-7-19)15-18-17-14(21-15)13-5-4-12(3)16-10-13;;;;/h13-15,18H,5-12H2,1-4H3;4-5,14-15,18H,6-13H2,1-3H3;9-11H,5-8H2,1-4H3;4-5,10-11H,6-9H2,1-3H3;4*1H4. The number of piperidine rings is 2. The monoisotopic (exact) mass is 1440 g/mol. The zero-order chi connectivity index (χ0) is 70.4. The summed E-state index contributed by atoms with van der Waals surface area (Å²) in [5.74, 6) is 3.47. The predicted molar refractivity (Wildman–Crippen MR) is 414 cm³/mol. The van der Waals surface area contributed by atoms with Crippen molar-refractivity contribution in [2.24, 2.45) is 0 Å². The maximum absolute atomic E-state index is 5.96. The van der Waals surface area contributed by atoms with Gasteiger partial charge in [-0.2, -0.15) is 0 Å². The molecule has 6 aliphatic rings. The molecule has 0 bridgehead atoms. The van der Waals surface area contributed by atoms with Crippen LogP contribution in [0.2, 0.25) is 0 Å². The quantitative estimate of drug-likeness (QED) is 0.0870. The first-order valence-corrected chi connectivity index (χ1v) is 36.0. The number of hydrogen-bond acceptors (Lipinski definition) is 28. The van der Waals surface area contributed by atoms with Crippen molar-refractivity contribution in [3.63, 3.8) is 0 Å².